The van der Waals surface area contributed by atoms with Crippen LogP contribution < -0.4 is 5.32 Å². The summed E-state index contributed by atoms with van der Waals surface area (Å²) in [6.45, 7) is 0. The maximum Gasteiger partial charge on any atom is 0.330 e. The van der Waals surface area contributed by atoms with Gasteiger partial charge in [0.25, 0.3) is 0 Å². The van der Waals surface area contributed by atoms with Crippen LogP contribution in [0.15, 0.2) is 48.5 Å². The number of benzene rings is 2. The molecule has 0 aliphatic rings. The molecule has 0 amide bonds. The Balaban J connectivity index is 2.32. The van der Waals surface area contributed by atoms with Crippen LogP contribution in [0.1, 0.15) is 11.6 Å². The molecule has 3 N–H and O–H groups in total. The van der Waals surface area contributed by atoms with E-state index in [-0.39, 0.29) is 5.75 Å². The summed E-state index contributed by atoms with van der Waals surface area (Å²) >= 11 is 5.85. The Hall–Kier alpha value is -2.20. The highest BCUT2D eigenvalue weighted by atomic mass is 35.5. The van der Waals surface area contributed by atoms with Crippen molar-refractivity contribution in [1.82, 2.24) is 0 Å². The van der Waals surface area contributed by atoms with Gasteiger partial charge >= 0.3 is 5.97 Å². The van der Waals surface area contributed by atoms with Crippen molar-refractivity contribution in [3.8, 4) is 5.75 Å². The molecule has 0 saturated carbocycles. The molecular formula is C14H12ClNO3. The van der Waals surface area contributed by atoms with Crippen LogP contribution in [-0.2, 0) is 4.79 Å². The largest absolute Gasteiger partial charge is 0.508 e. The standard InChI is InChI=1S/C14H12ClNO3/c15-9-4-3-5-10(8-9)16-13(14(18)19)11-6-1-2-7-12(11)17/h1-8,13,16-17H,(H,18,19). The predicted molar refractivity (Wildman–Crippen MR) is 73.6 cm³/mol. The molecule has 0 aromatic heterocycles. The minimum atomic E-state index is -1.08. The van der Waals surface area contributed by atoms with Crippen molar-refractivity contribution in [1.29, 1.82) is 0 Å². The third-order valence-corrected chi connectivity index (χ3v) is 2.87. The van der Waals surface area contributed by atoms with Gasteiger partial charge in [0.15, 0.2) is 6.04 Å². The first-order valence-electron chi connectivity index (χ1n) is 5.61. The van der Waals surface area contributed by atoms with Gasteiger partial charge in [-0.2, -0.15) is 0 Å². The van der Waals surface area contributed by atoms with Gasteiger partial charge in [0.1, 0.15) is 5.75 Å². The highest BCUT2D eigenvalue weighted by Crippen LogP contribution is 2.28. The maximum absolute atomic E-state index is 11.3. The molecule has 2 aromatic rings. The summed E-state index contributed by atoms with van der Waals surface area (Å²) in [4.78, 5) is 11.3. The molecule has 0 aliphatic heterocycles. The first-order valence-corrected chi connectivity index (χ1v) is 5.98. The second-order valence-corrected chi connectivity index (χ2v) is 4.42. The van der Waals surface area contributed by atoms with E-state index in [4.69, 9.17) is 11.6 Å². The molecule has 0 spiro atoms. The van der Waals surface area contributed by atoms with Crippen LogP contribution in [0.4, 0.5) is 5.69 Å². The molecule has 2 aromatic carbocycles. The lowest BCUT2D eigenvalue weighted by molar-refractivity contribution is -0.138. The summed E-state index contributed by atoms with van der Waals surface area (Å²) in [5, 5.41) is 22.3. The number of hydrogen-bond acceptors (Lipinski definition) is 3. The van der Waals surface area contributed by atoms with E-state index in [2.05, 4.69) is 5.32 Å². The fourth-order valence-corrected chi connectivity index (χ4v) is 1.94. The SMILES string of the molecule is O=C(O)C(Nc1cccc(Cl)c1)c1ccccc1O. The van der Waals surface area contributed by atoms with Crippen LogP contribution >= 0.6 is 11.6 Å². The Morgan fingerprint density at radius 1 is 1.16 bits per heavy atom. The molecule has 98 valence electrons. The topological polar surface area (TPSA) is 69.6 Å². The fourth-order valence-electron chi connectivity index (χ4n) is 1.75. The van der Waals surface area contributed by atoms with Crippen molar-refractivity contribution in [2.45, 2.75) is 6.04 Å². The Morgan fingerprint density at radius 3 is 2.53 bits per heavy atom. The monoisotopic (exact) mass is 277 g/mol. The number of carboxylic acids is 1. The minimum Gasteiger partial charge on any atom is -0.508 e. The molecule has 5 heteroatoms. The summed E-state index contributed by atoms with van der Waals surface area (Å²) in [7, 11) is 0. The number of hydrogen-bond donors (Lipinski definition) is 3. The van der Waals surface area contributed by atoms with E-state index in [9.17, 15) is 15.0 Å². The summed E-state index contributed by atoms with van der Waals surface area (Å²) in [5.41, 5.74) is 0.873. The van der Waals surface area contributed by atoms with Gasteiger partial charge in [-0.05, 0) is 24.3 Å². The summed E-state index contributed by atoms with van der Waals surface area (Å²) in [6.07, 6.45) is 0. The van der Waals surface area contributed by atoms with Gasteiger partial charge in [0.05, 0.1) is 0 Å². The molecule has 1 atom stereocenters. The molecule has 2 rings (SSSR count). The molecule has 19 heavy (non-hydrogen) atoms. The van der Waals surface area contributed by atoms with Gasteiger partial charge in [-0.3, -0.25) is 0 Å². The Bertz CT molecular complexity index is 601. The van der Waals surface area contributed by atoms with Gasteiger partial charge in [0, 0.05) is 16.3 Å². The number of anilines is 1. The molecule has 0 fully saturated rings. The normalized spacial score (nSPS) is 11.8. The van der Waals surface area contributed by atoms with Crippen LogP contribution in [0, 0.1) is 0 Å². The fraction of sp³-hybridized carbons (Fsp3) is 0.0714. The second kappa shape index (κ2) is 5.63. The highest BCUT2D eigenvalue weighted by Gasteiger charge is 2.22. The van der Waals surface area contributed by atoms with Gasteiger partial charge in [-0.15, -0.1) is 0 Å². The van der Waals surface area contributed by atoms with Crippen LogP contribution in [0.25, 0.3) is 0 Å². The first-order chi connectivity index (χ1) is 9.08. The molecule has 0 bridgehead atoms. The molecule has 0 aliphatic carbocycles. The number of para-hydroxylation sites is 1. The number of phenolic OH excluding ortho intramolecular Hbond substituents is 1. The summed E-state index contributed by atoms with van der Waals surface area (Å²) in [6, 6.07) is 12.0. The summed E-state index contributed by atoms with van der Waals surface area (Å²) in [5.74, 6) is -1.15. The molecule has 1 unspecified atom stereocenters. The molecule has 0 heterocycles. The second-order valence-electron chi connectivity index (χ2n) is 3.98. The maximum atomic E-state index is 11.3. The number of halogens is 1. The van der Waals surface area contributed by atoms with Crippen LogP contribution in [0.5, 0.6) is 5.75 Å². The van der Waals surface area contributed by atoms with Crippen molar-refractivity contribution < 1.29 is 15.0 Å². The van der Waals surface area contributed by atoms with E-state index in [1.807, 2.05) is 0 Å². The zero-order valence-electron chi connectivity index (χ0n) is 9.88. The van der Waals surface area contributed by atoms with Gasteiger partial charge in [-0.25, -0.2) is 4.79 Å². The minimum absolute atomic E-state index is 0.0653. The number of nitrogens with one attached hydrogen (secondary N) is 1. The lowest BCUT2D eigenvalue weighted by atomic mass is 10.1. The number of phenols is 1. The van der Waals surface area contributed by atoms with Crippen molar-refractivity contribution in [3.05, 3.63) is 59.1 Å². The number of carbonyl (C=O) groups is 1. The predicted octanol–water partition coefficient (Wildman–Crippen LogP) is 3.28. The van der Waals surface area contributed by atoms with Crippen LogP contribution in [0.2, 0.25) is 5.02 Å². The molecule has 0 radical (unpaired) electrons. The zero-order valence-corrected chi connectivity index (χ0v) is 10.6. The third-order valence-electron chi connectivity index (χ3n) is 2.63. The quantitative estimate of drug-likeness (QED) is 0.802. The van der Waals surface area contributed by atoms with Gasteiger partial charge < -0.3 is 15.5 Å². The third kappa shape index (κ3) is 3.17. The van der Waals surface area contributed by atoms with Crippen molar-refractivity contribution >= 4 is 23.3 Å². The van der Waals surface area contributed by atoms with Crippen LogP contribution in [-0.4, -0.2) is 16.2 Å². The average molecular weight is 278 g/mol. The van der Waals surface area contributed by atoms with Crippen LogP contribution in [0.3, 0.4) is 0 Å². The highest BCUT2D eigenvalue weighted by molar-refractivity contribution is 6.30. The van der Waals surface area contributed by atoms with Gasteiger partial charge in [0.2, 0.25) is 0 Å². The van der Waals surface area contributed by atoms with Crippen molar-refractivity contribution in [3.63, 3.8) is 0 Å². The van der Waals surface area contributed by atoms with Crippen molar-refractivity contribution in [2.24, 2.45) is 0 Å². The van der Waals surface area contributed by atoms with E-state index in [0.29, 0.717) is 16.3 Å². The van der Waals surface area contributed by atoms with E-state index in [1.165, 1.54) is 6.07 Å². The van der Waals surface area contributed by atoms with Gasteiger partial charge in [-0.1, -0.05) is 35.9 Å². The molecular weight excluding hydrogens is 266 g/mol. The Kier molecular flexibility index (Phi) is 3.92. The number of aromatic hydroxyl groups is 1. The number of aliphatic carboxylic acids is 1. The number of carboxylic acid groups (broad SMARTS) is 1. The zero-order chi connectivity index (χ0) is 13.8. The first kappa shape index (κ1) is 13.2. The lowest BCUT2D eigenvalue weighted by Crippen LogP contribution is -2.20. The Morgan fingerprint density at radius 2 is 1.89 bits per heavy atom. The van der Waals surface area contributed by atoms with E-state index in [0.717, 1.165) is 0 Å². The molecule has 4 nitrogen and oxygen atoms in total. The lowest BCUT2D eigenvalue weighted by Gasteiger charge is -2.17. The smallest absolute Gasteiger partial charge is 0.330 e. The van der Waals surface area contributed by atoms with Crippen molar-refractivity contribution in [2.75, 3.05) is 5.32 Å². The molecule has 0 saturated heterocycles. The number of rotatable bonds is 4. The van der Waals surface area contributed by atoms with E-state index < -0.39 is 12.0 Å². The van der Waals surface area contributed by atoms with E-state index in [1.54, 1.807) is 42.5 Å². The average Bonchev–Trinajstić information content (AvgIpc) is 2.37. The van der Waals surface area contributed by atoms with E-state index >= 15 is 0 Å². The Labute approximate surface area is 115 Å². The summed E-state index contributed by atoms with van der Waals surface area (Å²) < 4.78 is 0.